The molecule has 2 N–H and O–H groups in total. The number of nitrogens with zero attached hydrogens (tertiary/aromatic N) is 2. The van der Waals surface area contributed by atoms with Crippen LogP contribution < -0.4 is 5.32 Å². The predicted octanol–water partition coefficient (Wildman–Crippen LogP) is 0.783. The molecule has 3 heterocycles. The van der Waals surface area contributed by atoms with Gasteiger partial charge in [0.15, 0.2) is 0 Å². The zero-order chi connectivity index (χ0) is 13.8. The van der Waals surface area contributed by atoms with Gasteiger partial charge < -0.3 is 19.9 Å². The first-order valence-corrected chi connectivity index (χ1v) is 7.44. The number of rotatable bonds is 4. The van der Waals surface area contributed by atoms with E-state index in [1.807, 2.05) is 0 Å². The number of amides is 1. The van der Waals surface area contributed by atoms with Gasteiger partial charge in [-0.2, -0.15) is 0 Å². The number of aromatic amines is 1. The van der Waals surface area contributed by atoms with Gasteiger partial charge in [0.2, 0.25) is 0 Å². The van der Waals surface area contributed by atoms with E-state index in [0.717, 1.165) is 39.1 Å². The maximum absolute atomic E-state index is 11.9. The number of carbonyl (C=O) groups excluding carboxylic acids is 1. The molecule has 0 aliphatic carbocycles. The van der Waals surface area contributed by atoms with Gasteiger partial charge in [0.05, 0.1) is 18.6 Å². The van der Waals surface area contributed by atoms with E-state index < -0.39 is 0 Å². The zero-order valence-electron chi connectivity index (χ0n) is 11.7. The molecule has 3 rings (SSSR count). The Balaban J connectivity index is 1.40. The minimum Gasteiger partial charge on any atom is -0.377 e. The summed E-state index contributed by atoms with van der Waals surface area (Å²) in [5, 5.41) is 3.07. The topological polar surface area (TPSA) is 70.2 Å². The van der Waals surface area contributed by atoms with Crippen molar-refractivity contribution in [1.29, 1.82) is 0 Å². The van der Waals surface area contributed by atoms with Gasteiger partial charge in [-0.1, -0.05) is 0 Å². The second-order valence-electron chi connectivity index (χ2n) is 5.65. The Labute approximate surface area is 118 Å². The second kappa shape index (κ2) is 6.37. The molecule has 6 heteroatoms. The van der Waals surface area contributed by atoms with E-state index in [2.05, 4.69) is 20.2 Å². The van der Waals surface area contributed by atoms with E-state index in [9.17, 15) is 4.79 Å². The van der Waals surface area contributed by atoms with Crippen LogP contribution in [0.4, 0.5) is 0 Å². The highest BCUT2D eigenvalue weighted by atomic mass is 16.5. The molecule has 0 spiro atoms. The molecule has 110 valence electrons. The van der Waals surface area contributed by atoms with Crippen LogP contribution in [0.3, 0.4) is 0 Å². The number of aromatic nitrogens is 2. The fraction of sp³-hybridized carbons (Fsp3) is 0.714. The first-order valence-electron chi connectivity index (χ1n) is 7.44. The number of likely N-dealkylation sites (tertiary alicyclic amines) is 1. The van der Waals surface area contributed by atoms with Crippen LogP contribution in [-0.4, -0.2) is 59.2 Å². The molecule has 20 heavy (non-hydrogen) atoms. The average molecular weight is 278 g/mol. The third-order valence-corrected chi connectivity index (χ3v) is 4.15. The molecule has 0 radical (unpaired) electrons. The molecule has 1 aromatic heterocycles. The Bertz CT molecular complexity index is 420. The minimum absolute atomic E-state index is 0.0555. The first-order chi connectivity index (χ1) is 9.81. The number of carbonyl (C=O) groups is 1. The largest absolute Gasteiger partial charge is 0.377 e. The molecular formula is C14H22N4O2. The quantitative estimate of drug-likeness (QED) is 0.854. The standard InChI is InChI=1S/C14H22N4O2/c19-14(13-8-15-10-16-13)17-11-3-5-18(6-4-11)9-12-2-1-7-20-12/h8,10-12H,1-7,9H2,(H,15,16)(H,17,19). The highest BCUT2D eigenvalue weighted by molar-refractivity contribution is 5.92. The van der Waals surface area contributed by atoms with Crippen molar-refractivity contribution < 1.29 is 9.53 Å². The third kappa shape index (κ3) is 3.37. The van der Waals surface area contributed by atoms with Crippen molar-refractivity contribution in [1.82, 2.24) is 20.2 Å². The van der Waals surface area contributed by atoms with Gasteiger partial charge in [0.25, 0.3) is 5.91 Å². The molecule has 2 fully saturated rings. The molecular weight excluding hydrogens is 256 g/mol. The molecule has 2 saturated heterocycles. The lowest BCUT2D eigenvalue weighted by atomic mass is 10.0. The van der Waals surface area contributed by atoms with Crippen LogP contribution in [0.5, 0.6) is 0 Å². The Hall–Kier alpha value is -1.40. The Morgan fingerprint density at radius 3 is 2.95 bits per heavy atom. The molecule has 1 aromatic rings. The van der Waals surface area contributed by atoms with Crippen molar-refractivity contribution in [2.24, 2.45) is 0 Å². The molecule has 6 nitrogen and oxygen atoms in total. The van der Waals surface area contributed by atoms with Gasteiger partial charge in [0.1, 0.15) is 5.69 Å². The zero-order valence-corrected chi connectivity index (χ0v) is 11.7. The van der Waals surface area contributed by atoms with Crippen LogP contribution in [0, 0.1) is 0 Å². The van der Waals surface area contributed by atoms with Crippen molar-refractivity contribution in [2.75, 3.05) is 26.2 Å². The van der Waals surface area contributed by atoms with Crippen LogP contribution >= 0.6 is 0 Å². The predicted molar refractivity (Wildman–Crippen MR) is 74.5 cm³/mol. The molecule has 2 aliphatic heterocycles. The van der Waals surface area contributed by atoms with Crippen LogP contribution in [0.1, 0.15) is 36.2 Å². The molecule has 0 saturated carbocycles. The lowest BCUT2D eigenvalue weighted by Crippen LogP contribution is -2.46. The molecule has 0 bridgehead atoms. The number of hydrogen-bond donors (Lipinski definition) is 2. The van der Waals surface area contributed by atoms with Crippen LogP contribution in [0.15, 0.2) is 12.5 Å². The van der Waals surface area contributed by atoms with Gasteiger partial charge >= 0.3 is 0 Å². The molecule has 1 atom stereocenters. The van der Waals surface area contributed by atoms with E-state index >= 15 is 0 Å². The Kier molecular flexibility index (Phi) is 4.32. The van der Waals surface area contributed by atoms with Gasteiger partial charge in [0, 0.05) is 32.3 Å². The van der Waals surface area contributed by atoms with E-state index in [0.29, 0.717) is 11.8 Å². The Morgan fingerprint density at radius 2 is 2.30 bits per heavy atom. The third-order valence-electron chi connectivity index (χ3n) is 4.15. The average Bonchev–Trinajstić information content (AvgIpc) is 3.13. The SMILES string of the molecule is O=C(NC1CCN(CC2CCCO2)CC1)c1cnc[nH]1. The highest BCUT2D eigenvalue weighted by Gasteiger charge is 2.24. The first kappa shape index (κ1) is 13.6. The van der Waals surface area contributed by atoms with E-state index in [1.165, 1.54) is 19.2 Å². The van der Waals surface area contributed by atoms with Crippen molar-refractivity contribution in [3.8, 4) is 0 Å². The van der Waals surface area contributed by atoms with Crippen molar-refractivity contribution >= 4 is 5.91 Å². The lowest BCUT2D eigenvalue weighted by molar-refractivity contribution is 0.0612. The molecule has 0 aromatic carbocycles. The van der Waals surface area contributed by atoms with Gasteiger partial charge in [-0.3, -0.25) is 4.79 Å². The summed E-state index contributed by atoms with van der Waals surface area (Å²) in [5.41, 5.74) is 0.534. The number of nitrogens with one attached hydrogen (secondary N) is 2. The van der Waals surface area contributed by atoms with E-state index in [4.69, 9.17) is 4.74 Å². The number of hydrogen-bond acceptors (Lipinski definition) is 4. The van der Waals surface area contributed by atoms with Crippen LogP contribution in [0.25, 0.3) is 0 Å². The summed E-state index contributed by atoms with van der Waals surface area (Å²) in [6.45, 7) is 4.03. The smallest absolute Gasteiger partial charge is 0.269 e. The number of imidazole rings is 1. The Morgan fingerprint density at radius 1 is 1.45 bits per heavy atom. The van der Waals surface area contributed by atoms with Gasteiger partial charge in [-0.15, -0.1) is 0 Å². The summed E-state index contributed by atoms with van der Waals surface area (Å²) >= 11 is 0. The number of piperidine rings is 1. The summed E-state index contributed by atoms with van der Waals surface area (Å²) in [6.07, 6.45) is 7.91. The van der Waals surface area contributed by atoms with Gasteiger partial charge in [-0.25, -0.2) is 4.98 Å². The normalized spacial score (nSPS) is 24.9. The monoisotopic (exact) mass is 278 g/mol. The second-order valence-corrected chi connectivity index (χ2v) is 5.65. The summed E-state index contributed by atoms with van der Waals surface area (Å²) < 4.78 is 5.67. The van der Waals surface area contributed by atoms with Crippen LogP contribution in [0.2, 0.25) is 0 Å². The molecule has 1 amide bonds. The van der Waals surface area contributed by atoms with Crippen molar-refractivity contribution in [2.45, 2.75) is 37.8 Å². The summed E-state index contributed by atoms with van der Waals surface area (Å²) in [4.78, 5) is 21.1. The van der Waals surface area contributed by atoms with Crippen molar-refractivity contribution in [3.63, 3.8) is 0 Å². The number of ether oxygens (including phenoxy) is 1. The van der Waals surface area contributed by atoms with E-state index in [-0.39, 0.29) is 11.9 Å². The number of H-pyrrole nitrogens is 1. The van der Waals surface area contributed by atoms with Crippen LogP contribution in [-0.2, 0) is 4.74 Å². The summed E-state index contributed by atoms with van der Waals surface area (Å²) in [6, 6.07) is 0.270. The highest BCUT2D eigenvalue weighted by Crippen LogP contribution is 2.17. The summed E-state index contributed by atoms with van der Waals surface area (Å²) in [7, 11) is 0. The molecule has 1 unspecified atom stereocenters. The lowest BCUT2D eigenvalue weighted by Gasteiger charge is -2.33. The fourth-order valence-corrected chi connectivity index (χ4v) is 2.98. The maximum Gasteiger partial charge on any atom is 0.269 e. The van der Waals surface area contributed by atoms with Gasteiger partial charge in [-0.05, 0) is 25.7 Å². The summed E-state index contributed by atoms with van der Waals surface area (Å²) in [5.74, 6) is -0.0555. The van der Waals surface area contributed by atoms with Crippen molar-refractivity contribution in [3.05, 3.63) is 18.2 Å². The maximum atomic E-state index is 11.9. The minimum atomic E-state index is -0.0555. The fourth-order valence-electron chi connectivity index (χ4n) is 2.98. The van der Waals surface area contributed by atoms with E-state index in [1.54, 1.807) is 6.20 Å². The molecule has 2 aliphatic rings.